The third kappa shape index (κ3) is 2.11. The largest absolute Gasteiger partial charge is 0.347 e. The molecule has 0 radical (unpaired) electrons. The fourth-order valence-electron chi connectivity index (χ4n) is 4.71. The van der Waals surface area contributed by atoms with Gasteiger partial charge in [-0.1, -0.05) is 56.3 Å². The van der Waals surface area contributed by atoms with Crippen LogP contribution in [-0.2, 0) is 5.41 Å². The van der Waals surface area contributed by atoms with Crippen LogP contribution in [0, 0.1) is 0 Å². The molecule has 1 amide bonds. The summed E-state index contributed by atoms with van der Waals surface area (Å²) in [7, 11) is 2.11. The standard InChI is InChI=1S/C24H22N2O/c1-24(2)18-11-4-5-12-19(18)25(3)21(24)14-15-26-20-13-7-9-16-8-6-10-17(22(16)20)23(26)27/h4-14H,15H2,1-3H3/b21-14-. The van der Waals surface area contributed by atoms with Crippen LogP contribution in [0.2, 0.25) is 0 Å². The van der Waals surface area contributed by atoms with Gasteiger partial charge in [0.1, 0.15) is 0 Å². The van der Waals surface area contributed by atoms with E-state index in [-0.39, 0.29) is 11.3 Å². The molecule has 0 atom stereocenters. The van der Waals surface area contributed by atoms with Crippen LogP contribution in [0.3, 0.4) is 0 Å². The van der Waals surface area contributed by atoms with Crippen molar-refractivity contribution in [1.29, 1.82) is 0 Å². The minimum atomic E-state index is -0.0764. The van der Waals surface area contributed by atoms with Crippen molar-refractivity contribution in [2.24, 2.45) is 0 Å². The van der Waals surface area contributed by atoms with Gasteiger partial charge in [0.25, 0.3) is 5.91 Å². The number of nitrogens with zero attached hydrogens (tertiary/aromatic N) is 2. The first-order valence-electron chi connectivity index (χ1n) is 9.37. The number of rotatable bonds is 2. The van der Waals surface area contributed by atoms with Crippen LogP contribution in [0.1, 0.15) is 29.8 Å². The van der Waals surface area contributed by atoms with Gasteiger partial charge in [0.05, 0.1) is 5.69 Å². The predicted molar refractivity (Wildman–Crippen MR) is 112 cm³/mol. The topological polar surface area (TPSA) is 23.6 Å². The van der Waals surface area contributed by atoms with E-state index in [0.717, 1.165) is 22.0 Å². The molecule has 3 aromatic carbocycles. The summed E-state index contributed by atoms with van der Waals surface area (Å²) in [6, 6.07) is 20.7. The monoisotopic (exact) mass is 354 g/mol. The van der Waals surface area contributed by atoms with E-state index in [4.69, 9.17) is 0 Å². The number of carbonyl (C=O) groups is 1. The van der Waals surface area contributed by atoms with Crippen molar-refractivity contribution < 1.29 is 4.79 Å². The average Bonchev–Trinajstić information content (AvgIpc) is 3.05. The first-order valence-corrected chi connectivity index (χ1v) is 9.37. The van der Waals surface area contributed by atoms with Gasteiger partial charge in [0.2, 0.25) is 0 Å². The van der Waals surface area contributed by atoms with Gasteiger partial charge in [-0.05, 0) is 35.2 Å². The summed E-state index contributed by atoms with van der Waals surface area (Å²) in [5.41, 5.74) is 5.56. The lowest BCUT2D eigenvalue weighted by molar-refractivity contribution is 0.0996. The second kappa shape index (κ2) is 5.46. The van der Waals surface area contributed by atoms with E-state index >= 15 is 0 Å². The Balaban J connectivity index is 1.55. The summed E-state index contributed by atoms with van der Waals surface area (Å²) in [5.74, 6) is 0.0922. The number of fused-ring (bicyclic) bond motifs is 1. The Morgan fingerprint density at radius 2 is 1.63 bits per heavy atom. The highest BCUT2D eigenvalue weighted by Gasteiger charge is 2.38. The molecule has 5 rings (SSSR count). The van der Waals surface area contributed by atoms with E-state index < -0.39 is 0 Å². The quantitative estimate of drug-likeness (QED) is 0.638. The molecule has 2 aliphatic heterocycles. The highest BCUT2D eigenvalue weighted by atomic mass is 16.2. The van der Waals surface area contributed by atoms with Crippen LogP contribution in [0.5, 0.6) is 0 Å². The Morgan fingerprint density at radius 1 is 0.926 bits per heavy atom. The van der Waals surface area contributed by atoms with Crippen molar-refractivity contribution in [2.75, 3.05) is 23.4 Å². The van der Waals surface area contributed by atoms with Gasteiger partial charge in [-0.2, -0.15) is 0 Å². The number of hydrogen-bond donors (Lipinski definition) is 0. The third-order valence-electron chi connectivity index (χ3n) is 6.06. The summed E-state index contributed by atoms with van der Waals surface area (Å²) < 4.78 is 0. The molecular formula is C24H22N2O. The van der Waals surface area contributed by atoms with Crippen molar-refractivity contribution >= 4 is 28.1 Å². The molecule has 0 bridgehead atoms. The number of amides is 1. The normalized spacial score (nSPS) is 18.6. The van der Waals surface area contributed by atoms with Crippen LogP contribution in [0.25, 0.3) is 10.8 Å². The van der Waals surface area contributed by atoms with Gasteiger partial charge in [-0.3, -0.25) is 4.79 Å². The molecule has 0 aromatic heterocycles. The lowest BCUT2D eigenvalue weighted by atomic mass is 9.84. The molecule has 0 aliphatic carbocycles. The molecule has 0 spiro atoms. The van der Waals surface area contributed by atoms with Gasteiger partial charge in [-0.25, -0.2) is 0 Å². The zero-order valence-electron chi connectivity index (χ0n) is 15.9. The van der Waals surface area contributed by atoms with Crippen molar-refractivity contribution in [1.82, 2.24) is 0 Å². The Labute approximate surface area is 159 Å². The summed E-state index contributed by atoms with van der Waals surface area (Å²) in [4.78, 5) is 17.2. The third-order valence-corrected chi connectivity index (χ3v) is 6.06. The second-order valence-corrected chi connectivity index (χ2v) is 7.89. The van der Waals surface area contributed by atoms with Crippen LogP contribution in [0.15, 0.2) is 72.4 Å². The van der Waals surface area contributed by atoms with Crippen molar-refractivity contribution in [3.63, 3.8) is 0 Å². The maximum atomic E-state index is 13.0. The molecule has 0 saturated carbocycles. The molecular weight excluding hydrogens is 332 g/mol. The lowest BCUT2D eigenvalue weighted by Crippen LogP contribution is -2.29. The zero-order valence-corrected chi connectivity index (χ0v) is 15.9. The predicted octanol–water partition coefficient (Wildman–Crippen LogP) is 5.11. The maximum absolute atomic E-state index is 13.0. The second-order valence-electron chi connectivity index (χ2n) is 7.89. The highest BCUT2D eigenvalue weighted by molar-refractivity contribution is 6.25. The fraction of sp³-hybridized carbons (Fsp3) is 0.208. The molecule has 0 fully saturated rings. The molecule has 0 saturated heterocycles. The molecule has 3 heteroatoms. The first kappa shape index (κ1) is 16.1. The van der Waals surface area contributed by atoms with Crippen molar-refractivity contribution in [2.45, 2.75) is 19.3 Å². The van der Waals surface area contributed by atoms with Crippen LogP contribution in [0.4, 0.5) is 11.4 Å². The smallest absolute Gasteiger partial charge is 0.259 e. The average molecular weight is 354 g/mol. The number of likely N-dealkylation sites (N-methyl/N-ethyl adjacent to an activating group) is 1. The molecule has 0 N–H and O–H groups in total. The summed E-state index contributed by atoms with van der Waals surface area (Å²) in [6.07, 6.45) is 2.21. The number of carbonyl (C=O) groups excluding carboxylic acids is 1. The van der Waals surface area contributed by atoms with Crippen molar-refractivity contribution in [3.05, 3.63) is 83.6 Å². The molecule has 3 aromatic rings. The van der Waals surface area contributed by atoms with E-state index in [0.29, 0.717) is 6.54 Å². The number of para-hydroxylation sites is 1. The molecule has 3 nitrogen and oxygen atoms in total. The molecule has 27 heavy (non-hydrogen) atoms. The van der Waals surface area contributed by atoms with Crippen LogP contribution in [-0.4, -0.2) is 19.5 Å². The van der Waals surface area contributed by atoms with E-state index in [2.05, 4.69) is 68.3 Å². The van der Waals surface area contributed by atoms with E-state index in [1.54, 1.807) is 0 Å². The first-order chi connectivity index (χ1) is 13.0. The number of allylic oxidation sites excluding steroid dienone is 1. The zero-order chi connectivity index (χ0) is 18.8. The van der Waals surface area contributed by atoms with Gasteiger partial charge >= 0.3 is 0 Å². The summed E-state index contributed by atoms with van der Waals surface area (Å²) in [6.45, 7) is 5.08. The van der Waals surface area contributed by atoms with Gasteiger partial charge in [-0.15, -0.1) is 0 Å². The fourth-order valence-corrected chi connectivity index (χ4v) is 4.71. The summed E-state index contributed by atoms with van der Waals surface area (Å²) in [5, 5.41) is 2.20. The molecule has 134 valence electrons. The summed E-state index contributed by atoms with van der Waals surface area (Å²) >= 11 is 0. The Hall–Kier alpha value is -3.07. The van der Waals surface area contributed by atoms with Gasteiger partial charge in [0, 0.05) is 41.3 Å². The van der Waals surface area contributed by atoms with E-state index in [1.165, 1.54) is 16.9 Å². The highest BCUT2D eigenvalue weighted by Crippen LogP contribution is 2.46. The lowest BCUT2D eigenvalue weighted by Gasteiger charge is -2.25. The minimum Gasteiger partial charge on any atom is -0.347 e. The molecule has 0 unspecified atom stereocenters. The molecule has 2 heterocycles. The molecule has 2 aliphatic rings. The number of benzene rings is 3. The SMILES string of the molecule is CN1/C(=C\CN2C(=O)c3cccc4cccc2c34)C(C)(C)c2ccccc21. The Bertz CT molecular complexity index is 1120. The van der Waals surface area contributed by atoms with E-state index in [1.807, 2.05) is 29.2 Å². The minimum absolute atomic E-state index is 0.0764. The van der Waals surface area contributed by atoms with Crippen LogP contribution >= 0.6 is 0 Å². The van der Waals surface area contributed by atoms with Gasteiger partial charge < -0.3 is 9.80 Å². The maximum Gasteiger partial charge on any atom is 0.259 e. The van der Waals surface area contributed by atoms with E-state index in [9.17, 15) is 4.79 Å². The number of anilines is 2. The Kier molecular flexibility index (Phi) is 3.26. The van der Waals surface area contributed by atoms with Gasteiger partial charge in [0.15, 0.2) is 0 Å². The number of hydrogen-bond acceptors (Lipinski definition) is 2. The van der Waals surface area contributed by atoms with Crippen molar-refractivity contribution in [3.8, 4) is 0 Å². The Morgan fingerprint density at radius 3 is 2.41 bits per heavy atom. The van der Waals surface area contributed by atoms with Crippen LogP contribution < -0.4 is 9.80 Å².